The van der Waals surface area contributed by atoms with Crippen LogP contribution in [0.3, 0.4) is 0 Å². The normalized spacial score (nSPS) is 11.4. The Morgan fingerprint density at radius 2 is 2.06 bits per heavy atom. The Kier molecular flexibility index (Phi) is 2.97. The van der Waals surface area contributed by atoms with Gasteiger partial charge in [-0.2, -0.15) is 5.10 Å². The zero-order chi connectivity index (χ0) is 13.3. The summed E-state index contributed by atoms with van der Waals surface area (Å²) in [7, 11) is -2.00. The van der Waals surface area contributed by atoms with Crippen LogP contribution in [-0.2, 0) is 17.1 Å². The van der Waals surface area contributed by atoms with Gasteiger partial charge in [0, 0.05) is 25.0 Å². The van der Waals surface area contributed by atoms with E-state index < -0.39 is 10.0 Å². The standard InChI is InChI=1S/C10H13N5O2S/c1-15-5-4-10(14-15)13-7-2-3-9(8(11)6-7)18(12,16)17/h2-6H,11H2,1H3,(H,13,14)(H2,12,16,17). The van der Waals surface area contributed by atoms with Gasteiger partial charge in [0.15, 0.2) is 5.82 Å². The number of hydrogen-bond acceptors (Lipinski definition) is 5. The van der Waals surface area contributed by atoms with E-state index in [9.17, 15) is 8.42 Å². The van der Waals surface area contributed by atoms with E-state index in [1.807, 2.05) is 0 Å². The highest BCUT2D eigenvalue weighted by atomic mass is 32.2. The lowest BCUT2D eigenvalue weighted by Gasteiger charge is -2.07. The number of nitrogens with two attached hydrogens (primary N) is 2. The highest BCUT2D eigenvalue weighted by Crippen LogP contribution is 2.23. The number of nitrogens with one attached hydrogen (secondary N) is 1. The molecular formula is C10H13N5O2S. The van der Waals surface area contributed by atoms with Gasteiger partial charge in [0.05, 0.1) is 5.69 Å². The molecule has 0 aliphatic carbocycles. The molecule has 2 rings (SSSR count). The first kappa shape index (κ1) is 12.4. The van der Waals surface area contributed by atoms with E-state index in [1.165, 1.54) is 12.1 Å². The van der Waals surface area contributed by atoms with Gasteiger partial charge in [-0.1, -0.05) is 0 Å². The molecule has 96 valence electrons. The van der Waals surface area contributed by atoms with Crippen LogP contribution in [0, 0.1) is 0 Å². The average Bonchev–Trinajstić information content (AvgIpc) is 2.62. The van der Waals surface area contributed by atoms with E-state index in [1.54, 1.807) is 30.1 Å². The molecule has 0 radical (unpaired) electrons. The van der Waals surface area contributed by atoms with Crippen LogP contribution in [0.15, 0.2) is 35.4 Å². The molecule has 0 aliphatic rings. The highest BCUT2D eigenvalue weighted by molar-refractivity contribution is 7.89. The van der Waals surface area contributed by atoms with Crippen molar-refractivity contribution in [2.45, 2.75) is 4.90 Å². The fourth-order valence-electron chi connectivity index (χ4n) is 1.51. The molecule has 0 spiro atoms. The zero-order valence-corrected chi connectivity index (χ0v) is 10.5. The lowest BCUT2D eigenvalue weighted by molar-refractivity contribution is 0.598. The van der Waals surface area contributed by atoms with Crippen LogP contribution in [0.5, 0.6) is 0 Å². The van der Waals surface area contributed by atoms with Crippen molar-refractivity contribution in [1.29, 1.82) is 0 Å². The molecule has 0 atom stereocenters. The van der Waals surface area contributed by atoms with Crippen molar-refractivity contribution in [2.24, 2.45) is 12.2 Å². The van der Waals surface area contributed by atoms with Gasteiger partial charge in [0.1, 0.15) is 4.90 Å². The monoisotopic (exact) mass is 267 g/mol. The summed E-state index contributed by atoms with van der Waals surface area (Å²) in [5.74, 6) is 0.639. The molecule has 1 heterocycles. The third-order valence-corrected chi connectivity index (χ3v) is 3.29. The van der Waals surface area contributed by atoms with Crippen LogP contribution < -0.4 is 16.2 Å². The molecule has 18 heavy (non-hydrogen) atoms. The summed E-state index contributed by atoms with van der Waals surface area (Å²) >= 11 is 0. The van der Waals surface area contributed by atoms with Crippen molar-refractivity contribution in [3.8, 4) is 0 Å². The van der Waals surface area contributed by atoms with E-state index in [0.717, 1.165) is 0 Å². The number of anilines is 3. The maximum Gasteiger partial charge on any atom is 0.240 e. The van der Waals surface area contributed by atoms with E-state index in [2.05, 4.69) is 10.4 Å². The second kappa shape index (κ2) is 4.31. The van der Waals surface area contributed by atoms with Crippen LogP contribution in [-0.4, -0.2) is 18.2 Å². The highest BCUT2D eigenvalue weighted by Gasteiger charge is 2.12. The molecule has 1 aromatic carbocycles. The summed E-state index contributed by atoms with van der Waals surface area (Å²) in [6.07, 6.45) is 1.78. The summed E-state index contributed by atoms with van der Waals surface area (Å²) in [5, 5.41) is 12.1. The minimum Gasteiger partial charge on any atom is -0.398 e. The van der Waals surface area contributed by atoms with Crippen molar-refractivity contribution in [3.63, 3.8) is 0 Å². The number of rotatable bonds is 3. The smallest absolute Gasteiger partial charge is 0.240 e. The number of nitrogen functional groups attached to an aromatic ring is 1. The number of nitrogens with zero attached hydrogens (tertiary/aromatic N) is 2. The molecule has 0 bridgehead atoms. The lowest BCUT2D eigenvalue weighted by atomic mass is 10.3. The number of hydrogen-bond donors (Lipinski definition) is 3. The van der Waals surface area contributed by atoms with Gasteiger partial charge in [-0.15, -0.1) is 0 Å². The van der Waals surface area contributed by atoms with E-state index in [-0.39, 0.29) is 10.6 Å². The Morgan fingerprint density at radius 3 is 2.56 bits per heavy atom. The maximum absolute atomic E-state index is 11.2. The minimum absolute atomic E-state index is 0.0888. The first-order chi connectivity index (χ1) is 8.36. The van der Waals surface area contributed by atoms with Gasteiger partial charge in [0.25, 0.3) is 0 Å². The first-order valence-corrected chi connectivity index (χ1v) is 6.60. The van der Waals surface area contributed by atoms with Crippen LogP contribution in [0.2, 0.25) is 0 Å². The van der Waals surface area contributed by atoms with Crippen molar-refractivity contribution in [2.75, 3.05) is 11.1 Å². The van der Waals surface area contributed by atoms with E-state index in [0.29, 0.717) is 11.5 Å². The first-order valence-electron chi connectivity index (χ1n) is 5.05. The summed E-state index contributed by atoms with van der Waals surface area (Å²) < 4.78 is 24.0. The summed E-state index contributed by atoms with van der Waals surface area (Å²) in [4.78, 5) is -0.0888. The molecule has 0 saturated carbocycles. The number of benzene rings is 1. The van der Waals surface area contributed by atoms with Crippen molar-refractivity contribution in [1.82, 2.24) is 9.78 Å². The topological polar surface area (TPSA) is 116 Å². The molecule has 1 aromatic heterocycles. The molecule has 8 heteroatoms. The van der Waals surface area contributed by atoms with Crippen LogP contribution in [0.4, 0.5) is 17.2 Å². The Bertz CT molecular complexity index is 677. The summed E-state index contributed by atoms with van der Waals surface area (Å²) in [6.45, 7) is 0. The van der Waals surface area contributed by atoms with Gasteiger partial charge in [-0.05, 0) is 18.2 Å². The molecule has 7 nitrogen and oxygen atoms in total. The number of aryl methyl sites for hydroxylation is 1. The van der Waals surface area contributed by atoms with E-state index >= 15 is 0 Å². The molecule has 0 fully saturated rings. The van der Waals surface area contributed by atoms with Crippen molar-refractivity contribution < 1.29 is 8.42 Å². The fourth-order valence-corrected chi connectivity index (χ4v) is 2.16. The maximum atomic E-state index is 11.2. The number of aromatic nitrogens is 2. The van der Waals surface area contributed by atoms with Gasteiger partial charge in [-0.3, -0.25) is 4.68 Å². The second-order valence-electron chi connectivity index (χ2n) is 3.80. The third kappa shape index (κ3) is 2.60. The largest absolute Gasteiger partial charge is 0.398 e. The van der Waals surface area contributed by atoms with Crippen molar-refractivity contribution in [3.05, 3.63) is 30.5 Å². The van der Waals surface area contributed by atoms with Gasteiger partial charge < -0.3 is 11.1 Å². The molecule has 0 unspecified atom stereocenters. The summed E-state index contributed by atoms with van der Waals surface area (Å²) in [5.41, 5.74) is 6.37. The number of sulfonamides is 1. The molecule has 0 saturated heterocycles. The third-order valence-electron chi connectivity index (χ3n) is 2.30. The Balaban J connectivity index is 2.30. The molecular weight excluding hydrogens is 254 g/mol. The van der Waals surface area contributed by atoms with Crippen LogP contribution >= 0.6 is 0 Å². The van der Waals surface area contributed by atoms with Gasteiger partial charge >= 0.3 is 0 Å². The molecule has 0 aliphatic heterocycles. The second-order valence-corrected chi connectivity index (χ2v) is 5.33. The van der Waals surface area contributed by atoms with Crippen molar-refractivity contribution >= 4 is 27.2 Å². The number of primary sulfonamides is 1. The summed E-state index contributed by atoms with van der Waals surface area (Å²) in [6, 6.07) is 6.21. The van der Waals surface area contributed by atoms with Gasteiger partial charge in [0.2, 0.25) is 10.0 Å². The Morgan fingerprint density at radius 1 is 1.33 bits per heavy atom. The molecule has 2 aromatic rings. The van der Waals surface area contributed by atoms with Crippen LogP contribution in [0.1, 0.15) is 0 Å². The quantitative estimate of drug-likeness (QED) is 0.696. The molecule has 5 N–H and O–H groups in total. The Labute approximate surface area is 104 Å². The fraction of sp³-hybridized carbons (Fsp3) is 0.100. The minimum atomic E-state index is -3.79. The zero-order valence-electron chi connectivity index (χ0n) is 9.66. The van der Waals surface area contributed by atoms with Gasteiger partial charge in [-0.25, -0.2) is 13.6 Å². The Hall–Kier alpha value is -2.06. The predicted octanol–water partition coefficient (Wildman–Crippen LogP) is 0.393. The predicted molar refractivity (Wildman–Crippen MR) is 68.7 cm³/mol. The van der Waals surface area contributed by atoms with E-state index in [4.69, 9.17) is 10.9 Å². The lowest BCUT2D eigenvalue weighted by Crippen LogP contribution is -2.14. The average molecular weight is 267 g/mol. The molecule has 0 amide bonds. The van der Waals surface area contributed by atoms with Crippen LogP contribution in [0.25, 0.3) is 0 Å². The SMILES string of the molecule is Cn1ccc(Nc2ccc(S(N)(=O)=O)c(N)c2)n1.